The summed E-state index contributed by atoms with van der Waals surface area (Å²) >= 11 is 0. The lowest BCUT2D eigenvalue weighted by Crippen LogP contribution is -2.25. The van der Waals surface area contributed by atoms with Crippen molar-refractivity contribution in [2.24, 2.45) is 17.8 Å². The van der Waals surface area contributed by atoms with E-state index in [2.05, 4.69) is 12.7 Å². The van der Waals surface area contributed by atoms with Crippen LogP contribution in [0.25, 0.3) is 0 Å². The Morgan fingerprint density at radius 1 is 0.870 bits per heavy atom. The smallest absolute Gasteiger partial charge is 0.159 e. The van der Waals surface area contributed by atoms with Crippen LogP contribution in [0, 0.1) is 29.4 Å². The molecule has 0 saturated heterocycles. The van der Waals surface area contributed by atoms with Crippen molar-refractivity contribution in [1.82, 2.24) is 0 Å². The molecule has 2 aliphatic rings. The van der Waals surface area contributed by atoms with Crippen LogP contribution in [0.5, 0.6) is 0 Å². The fourth-order valence-corrected chi connectivity index (χ4v) is 4.54. The Morgan fingerprint density at radius 3 is 1.96 bits per heavy atom. The first-order chi connectivity index (χ1) is 10.7. The van der Waals surface area contributed by atoms with Crippen molar-refractivity contribution in [1.29, 1.82) is 0 Å². The van der Waals surface area contributed by atoms with Gasteiger partial charge in [0.2, 0.25) is 0 Å². The van der Waals surface area contributed by atoms with E-state index in [0.717, 1.165) is 36.2 Å². The van der Waals surface area contributed by atoms with Gasteiger partial charge in [0.25, 0.3) is 0 Å². The third-order valence-corrected chi connectivity index (χ3v) is 6.00. The van der Waals surface area contributed by atoms with Gasteiger partial charge in [-0.3, -0.25) is 0 Å². The maximum Gasteiger partial charge on any atom is 0.159 e. The van der Waals surface area contributed by atoms with Crippen molar-refractivity contribution < 1.29 is 13.1 Å². The highest BCUT2D eigenvalue weighted by Crippen LogP contribution is 2.44. The van der Waals surface area contributed by atoms with E-state index >= 15 is 0 Å². The van der Waals surface area contributed by atoms with Crippen LogP contribution in [-0.4, -0.2) is 0 Å². The lowest BCUT2D eigenvalue weighted by atomic mass is 9.68. The van der Waals surface area contributed by atoms with Crippen LogP contribution in [0.15, 0.2) is 30.9 Å². The van der Waals surface area contributed by atoms with E-state index in [1.807, 2.05) is 0 Å². The molecule has 0 aromatic heterocycles. The van der Waals surface area contributed by atoms with Crippen molar-refractivity contribution in [3.05, 3.63) is 48.1 Å². The Hall–Kier alpha value is -1.18. The van der Waals surface area contributed by atoms with E-state index in [9.17, 15) is 8.78 Å². The zero-order chi connectivity index (χ0) is 15.5. The van der Waals surface area contributed by atoms with Crippen molar-refractivity contribution >= 4 is 0 Å². The third-order valence-electron chi connectivity index (χ3n) is 6.00. The van der Waals surface area contributed by atoms with E-state index in [-0.39, 0.29) is 11.7 Å². The highest BCUT2D eigenvalue weighted by atomic mass is 19.2. The van der Waals surface area contributed by atoms with Crippen LogP contribution in [0.2, 0.25) is 0 Å². The number of rotatable bonds is 3. The van der Waals surface area contributed by atoms with Crippen LogP contribution in [0.3, 0.4) is 0 Å². The Kier molecular flexibility index (Phi) is 6.38. The molecule has 1 aromatic carbocycles. The summed E-state index contributed by atoms with van der Waals surface area (Å²) in [4.78, 5) is 0. The van der Waals surface area contributed by atoms with Gasteiger partial charge in [0.15, 0.2) is 11.6 Å². The first-order valence-electron chi connectivity index (χ1n) is 8.75. The summed E-state index contributed by atoms with van der Waals surface area (Å²) in [5.41, 5.74) is 0.979. The molecule has 2 fully saturated rings. The zero-order valence-electron chi connectivity index (χ0n) is 13.2. The minimum absolute atomic E-state index is 0. The fourth-order valence-electron chi connectivity index (χ4n) is 4.54. The number of hydrogen-bond acceptors (Lipinski definition) is 0. The minimum atomic E-state index is -0.739. The average molecular weight is 327 g/mol. The van der Waals surface area contributed by atoms with Crippen molar-refractivity contribution in [3.63, 3.8) is 0 Å². The maximum absolute atomic E-state index is 13.4. The molecule has 0 amide bonds. The van der Waals surface area contributed by atoms with Crippen molar-refractivity contribution in [2.45, 2.75) is 64.7 Å². The Morgan fingerprint density at radius 2 is 1.43 bits per heavy atom. The van der Waals surface area contributed by atoms with E-state index in [4.69, 9.17) is 0 Å². The molecule has 2 aliphatic carbocycles. The second-order valence-electron chi connectivity index (χ2n) is 7.20. The minimum Gasteiger partial charge on any atom is -0.204 e. The molecule has 134 valence electrons. The molecule has 0 heterocycles. The largest absolute Gasteiger partial charge is 0.204 e. The number of halogens is 2. The topological polar surface area (TPSA) is 0 Å². The van der Waals surface area contributed by atoms with Gasteiger partial charge in [-0.1, -0.05) is 19.6 Å². The molecule has 23 heavy (non-hydrogen) atoms. The highest BCUT2D eigenvalue weighted by molar-refractivity contribution is 5.22. The predicted octanol–water partition coefficient (Wildman–Crippen LogP) is 7.61. The molecule has 2 saturated carbocycles. The van der Waals surface area contributed by atoms with Gasteiger partial charge in [-0.05, 0) is 92.7 Å². The monoisotopic (exact) mass is 326 g/mol. The van der Waals surface area contributed by atoms with E-state index in [0.29, 0.717) is 5.92 Å². The molecule has 3 rings (SSSR count). The summed E-state index contributed by atoms with van der Waals surface area (Å²) in [6, 6.07) is 4.43. The SMILES string of the molecule is C.C=CC1CCC(C2CCC(c3ccc(F)c(F)c3)CC2)CC1.[HH].[HH].[HH]. The zero-order valence-corrected chi connectivity index (χ0v) is 13.2. The molecule has 2 heteroatoms. The molecule has 0 atom stereocenters. The summed E-state index contributed by atoms with van der Waals surface area (Å²) in [5, 5.41) is 0. The quantitative estimate of drug-likeness (QED) is 0.501. The van der Waals surface area contributed by atoms with Gasteiger partial charge in [-0.2, -0.15) is 0 Å². The van der Waals surface area contributed by atoms with Crippen molar-refractivity contribution in [3.8, 4) is 0 Å². The van der Waals surface area contributed by atoms with Crippen LogP contribution >= 0.6 is 0 Å². The van der Waals surface area contributed by atoms with E-state index in [1.165, 1.54) is 50.7 Å². The molecule has 0 aliphatic heterocycles. The molecule has 0 radical (unpaired) electrons. The predicted molar refractivity (Wildman–Crippen MR) is 99.8 cm³/mol. The Balaban J connectivity index is 0. The molecule has 0 bridgehead atoms. The molecular formula is C21H36F2. The second kappa shape index (κ2) is 8.08. The molecule has 0 spiro atoms. The maximum atomic E-state index is 13.4. The van der Waals surface area contributed by atoms with Crippen LogP contribution < -0.4 is 0 Å². The summed E-state index contributed by atoms with van der Waals surface area (Å²) in [5.74, 6) is 1.42. The van der Waals surface area contributed by atoms with Gasteiger partial charge in [-0.15, -0.1) is 6.58 Å². The molecular weight excluding hydrogens is 290 g/mol. The van der Waals surface area contributed by atoms with Gasteiger partial charge in [0, 0.05) is 4.28 Å². The van der Waals surface area contributed by atoms with Crippen molar-refractivity contribution in [2.75, 3.05) is 0 Å². The Bertz CT molecular complexity index is 520. The summed E-state index contributed by atoms with van der Waals surface area (Å²) in [6.45, 7) is 3.92. The lowest BCUT2D eigenvalue weighted by molar-refractivity contribution is 0.171. The van der Waals surface area contributed by atoms with Gasteiger partial charge < -0.3 is 0 Å². The number of benzene rings is 1. The van der Waals surface area contributed by atoms with Gasteiger partial charge in [-0.25, -0.2) is 8.78 Å². The van der Waals surface area contributed by atoms with Gasteiger partial charge >= 0.3 is 0 Å². The molecule has 1 aromatic rings. The second-order valence-corrected chi connectivity index (χ2v) is 7.20. The van der Waals surface area contributed by atoms with Crippen LogP contribution in [0.4, 0.5) is 8.78 Å². The lowest BCUT2D eigenvalue weighted by Gasteiger charge is -2.37. The number of hydrogen-bond donors (Lipinski definition) is 0. The average Bonchev–Trinajstić information content (AvgIpc) is 2.58. The molecule has 0 nitrogen and oxygen atoms in total. The van der Waals surface area contributed by atoms with E-state index in [1.54, 1.807) is 6.07 Å². The fraction of sp³-hybridized carbons (Fsp3) is 0.619. The summed E-state index contributed by atoms with van der Waals surface area (Å²) in [6.07, 6.45) is 12.1. The first kappa shape index (κ1) is 18.2. The highest BCUT2D eigenvalue weighted by Gasteiger charge is 2.30. The third kappa shape index (κ3) is 4.22. The van der Waals surface area contributed by atoms with Crippen LogP contribution in [-0.2, 0) is 0 Å². The molecule has 0 N–H and O–H groups in total. The van der Waals surface area contributed by atoms with Gasteiger partial charge in [0.1, 0.15) is 0 Å². The molecule has 0 unspecified atom stereocenters. The van der Waals surface area contributed by atoms with Gasteiger partial charge in [0.05, 0.1) is 0 Å². The number of allylic oxidation sites excluding steroid dienone is 1. The standard InChI is InChI=1S/C20H26F2.CH4.3H2/c1-2-14-3-5-15(6-4-14)16-7-9-17(10-8-16)18-11-12-19(21)20(22)13-18;;;;/h2,11-17H,1,3-10H2;1H4;3*1H. The first-order valence-corrected chi connectivity index (χ1v) is 8.75. The van der Waals surface area contributed by atoms with Crippen LogP contribution in [0.1, 0.15) is 74.6 Å². The summed E-state index contributed by atoms with van der Waals surface area (Å²) < 4.78 is 26.4. The normalized spacial score (nSPS) is 31.2. The summed E-state index contributed by atoms with van der Waals surface area (Å²) in [7, 11) is 0. The van der Waals surface area contributed by atoms with E-state index < -0.39 is 11.6 Å². The Labute approximate surface area is 144 Å².